The molecule has 1 amide bonds. The monoisotopic (exact) mass is 376 g/mol. The van der Waals surface area contributed by atoms with Gasteiger partial charge in [-0.3, -0.25) is 9.59 Å². The summed E-state index contributed by atoms with van der Waals surface area (Å²) in [7, 11) is 0. The zero-order valence-corrected chi connectivity index (χ0v) is 14.8. The third-order valence-electron chi connectivity index (χ3n) is 3.74. The second-order valence-corrected chi connectivity index (χ2v) is 6.35. The highest BCUT2D eigenvalue weighted by atomic mass is 35.5. The molecule has 0 aliphatic rings. The lowest BCUT2D eigenvalue weighted by atomic mass is 10.1. The molecule has 8 heteroatoms. The highest BCUT2D eigenvalue weighted by molar-refractivity contribution is 6.42. The Bertz CT molecular complexity index is 1000. The number of carbonyl (C=O) groups excluding carboxylic acids is 1. The first-order chi connectivity index (χ1) is 12.0. The van der Waals surface area contributed by atoms with E-state index in [1.165, 1.54) is 0 Å². The molecule has 6 nitrogen and oxygen atoms in total. The van der Waals surface area contributed by atoms with Gasteiger partial charge in [0.2, 0.25) is 5.91 Å². The fraction of sp³-hybridized carbons (Fsp3) is 0.176. The van der Waals surface area contributed by atoms with Crippen LogP contribution in [0, 0.1) is 0 Å². The van der Waals surface area contributed by atoms with E-state index in [0.29, 0.717) is 20.9 Å². The Balaban J connectivity index is 1.75. The number of aromatic nitrogens is 3. The molecule has 3 aromatic rings. The van der Waals surface area contributed by atoms with Gasteiger partial charge in [-0.2, -0.15) is 0 Å². The second kappa shape index (κ2) is 7.21. The third kappa shape index (κ3) is 3.81. The minimum Gasteiger partial charge on any atom is -0.348 e. The lowest BCUT2D eigenvalue weighted by Gasteiger charge is -2.15. The van der Waals surface area contributed by atoms with E-state index in [4.69, 9.17) is 23.2 Å². The van der Waals surface area contributed by atoms with Gasteiger partial charge in [0.25, 0.3) is 5.56 Å². The number of carbonyl (C=O) groups is 1. The van der Waals surface area contributed by atoms with Crippen molar-refractivity contribution in [1.29, 1.82) is 0 Å². The summed E-state index contributed by atoms with van der Waals surface area (Å²) in [5.41, 5.74) is 0.941. The number of benzene rings is 2. The number of fused-ring (bicyclic) bond motifs is 1. The predicted octanol–water partition coefficient (Wildman–Crippen LogP) is 2.98. The molecule has 1 N–H and O–H groups in total. The molecule has 0 fully saturated rings. The van der Waals surface area contributed by atoms with Crippen LogP contribution in [0.5, 0.6) is 0 Å². The van der Waals surface area contributed by atoms with Crippen LogP contribution in [-0.2, 0) is 11.3 Å². The van der Waals surface area contributed by atoms with Crippen molar-refractivity contribution in [1.82, 2.24) is 20.3 Å². The van der Waals surface area contributed by atoms with E-state index in [2.05, 4.69) is 15.6 Å². The highest BCUT2D eigenvalue weighted by Gasteiger charge is 2.13. The van der Waals surface area contributed by atoms with Crippen molar-refractivity contribution in [2.75, 3.05) is 0 Å². The first kappa shape index (κ1) is 17.4. The Morgan fingerprint density at radius 3 is 2.72 bits per heavy atom. The first-order valence-electron chi connectivity index (χ1n) is 7.52. The Hall–Kier alpha value is -2.44. The molecule has 2 aromatic carbocycles. The average Bonchev–Trinajstić information content (AvgIpc) is 2.60. The molecule has 1 heterocycles. The number of nitrogens with zero attached hydrogens (tertiary/aromatic N) is 3. The van der Waals surface area contributed by atoms with Crippen molar-refractivity contribution in [3.8, 4) is 0 Å². The fourth-order valence-electron chi connectivity index (χ4n) is 2.42. The zero-order valence-electron chi connectivity index (χ0n) is 13.2. The summed E-state index contributed by atoms with van der Waals surface area (Å²) >= 11 is 11.9. The summed E-state index contributed by atoms with van der Waals surface area (Å²) in [5.74, 6) is -0.356. The summed E-state index contributed by atoms with van der Waals surface area (Å²) in [6.45, 7) is 1.59. The molecule has 128 valence electrons. The van der Waals surface area contributed by atoms with Gasteiger partial charge < -0.3 is 5.32 Å². The molecule has 25 heavy (non-hydrogen) atoms. The van der Waals surface area contributed by atoms with Crippen molar-refractivity contribution in [3.05, 3.63) is 68.4 Å². The standard InChI is InChI=1S/C17H14Cl2N4O2/c1-10(11-6-7-13(18)14(19)8-11)20-16(24)9-23-17(25)12-4-2-3-5-15(12)21-22-23/h2-8,10H,9H2,1H3,(H,20,24). The Morgan fingerprint density at radius 1 is 1.20 bits per heavy atom. The maximum Gasteiger partial charge on any atom is 0.278 e. The van der Waals surface area contributed by atoms with Crippen LogP contribution in [0.1, 0.15) is 18.5 Å². The summed E-state index contributed by atoms with van der Waals surface area (Å²) in [6, 6.07) is 11.7. The van der Waals surface area contributed by atoms with Gasteiger partial charge in [0, 0.05) is 0 Å². The fourth-order valence-corrected chi connectivity index (χ4v) is 2.72. The Kier molecular flexibility index (Phi) is 5.01. The van der Waals surface area contributed by atoms with E-state index >= 15 is 0 Å². The maximum atomic E-state index is 12.4. The second-order valence-electron chi connectivity index (χ2n) is 5.53. The first-order valence-corrected chi connectivity index (χ1v) is 8.28. The van der Waals surface area contributed by atoms with Gasteiger partial charge in [-0.1, -0.05) is 46.6 Å². The van der Waals surface area contributed by atoms with Crippen LogP contribution in [0.15, 0.2) is 47.3 Å². The third-order valence-corrected chi connectivity index (χ3v) is 4.48. The molecule has 0 radical (unpaired) electrons. The van der Waals surface area contributed by atoms with Crippen LogP contribution in [0.2, 0.25) is 10.0 Å². The van der Waals surface area contributed by atoms with E-state index in [9.17, 15) is 9.59 Å². The van der Waals surface area contributed by atoms with Crippen LogP contribution in [-0.4, -0.2) is 20.9 Å². The van der Waals surface area contributed by atoms with Gasteiger partial charge in [0.05, 0.1) is 21.5 Å². The van der Waals surface area contributed by atoms with Gasteiger partial charge in [0.1, 0.15) is 12.1 Å². The topological polar surface area (TPSA) is 76.9 Å². The predicted molar refractivity (Wildman–Crippen MR) is 96.8 cm³/mol. The summed E-state index contributed by atoms with van der Waals surface area (Å²) in [6.07, 6.45) is 0. The molecular weight excluding hydrogens is 363 g/mol. The van der Waals surface area contributed by atoms with Crippen molar-refractivity contribution < 1.29 is 4.79 Å². The molecule has 0 saturated heterocycles. The quantitative estimate of drug-likeness (QED) is 0.759. The van der Waals surface area contributed by atoms with E-state index in [-0.39, 0.29) is 24.1 Å². The largest absolute Gasteiger partial charge is 0.348 e. The maximum absolute atomic E-state index is 12.4. The van der Waals surface area contributed by atoms with Gasteiger partial charge in [-0.15, -0.1) is 5.10 Å². The summed E-state index contributed by atoms with van der Waals surface area (Å²) in [5, 5.41) is 11.8. The van der Waals surface area contributed by atoms with Crippen molar-refractivity contribution in [2.24, 2.45) is 0 Å². The van der Waals surface area contributed by atoms with Crippen LogP contribution in [0.3, 0.4) is 0 Å². The normalized spacial score (nSPS) is 12.1. The summed E-state index contributed by atoms with van der Waals surface area (Å²) < 4.78 is 1.04. The van der Waals surface area contributed by atoms with E-state index in [0.717, 1.165) is 10.2 Å². The molecule has 0 bridgehead atoms. The average molecular weight is 377 g/mol. The van der Waals surface area contributed by atoms with Crippen LogP contribution in [0.25, 0.3) is 10.9 Å². The Morgan fingerprint density at radius 2 is 1.96 bits per heavy atom. The van der Waals surface area contributed by atoms with Crippen molar-refractivity contribution in [2.45, 2.75) is 19.5 Å². The minimum absolute atomic E-state index is 0.220. The number of hydrogen-bond acceptors (Lipinski definition) is 4. The van der Waals surface area contributed by atoms with Crippen LogP contribution in [0.4, 0.5) is 0 Å². The summed E-state index contributed by atoms with van der Waals surface area (Å²) in [4.78, 5) is 24.6. The van der Waals surface area contributed by atoms with Gasteiger partial charge in [-0.25, -0.2) is 4.68 Å². The van der Waals surface area contributed by atoms with E-state index in [1.807, 2.05) is 6.92 Å². The molecule has 1 unspecified atom stereocenters. The molecule has 0 aliphatic heterocycles. The van der Waals surface area contributed by atoms with Crippen LogP contribution < -0.4 is 10.9 Å². The van der Waals surface area contributed by atoms with Gasteiger partial charge >= 0.3 is 0 Å². The molecule has 0 saturated carbocycles. The van der Waals surface area contributed by atoms with Gasteiger partial charge in [-0.05, 0) is 36.8 Å². The van der Waals surface area contributed by atoms with Crippen LogP contribution >= 0.6 is 23.2 Å². The number of hydrogen-bond donors (Lipinski definition) is 1. The molecule has 1 aromatic heterocycles. The Labute approximate surface area is 153 Å². The lowest BCUT2D eigenvalue weighted by Crippen LogP contribution is -2.35. The molecule has 0 spiro atoms. The highest BCUT2D eigenvalue weighted by Crippen LogP contribution is 2.25. The number of rotatable bonds is 4. The van der Waals surface area contributed by atoms with Gasteiger partial charge in [0.15, 0.2) is 0 Å². The SMILES string of the molecule is CC(NC(=O)Cn1nnc2ccccc2c1=O)c1ccc(Cl)c(Cl)c1. The molecule has 1 atom stereocenters. The number of halogens is 2. The molecule has 0 aliphatic carbocycles. The minimum atomic E-state index is -0.358. The van der Waals surface area contributed by atoms with Crippen molar-refractivity contribution in [3.63, 3.8) is 0 Å². The smallest absolute Gasteiger partial charge is 0.278 e. The lowest BCUT2D eigenvalue weighted by molar-refractivity contribution is -0.122. The molecule has 3 rings (SSSR count). The van der Waals surface area contributed by atoms with Crippen molar-refractivity contribution >= 4 is 40.0 Å². The number of amides is 1. The zero-order chi connectivity index (χ0) is 18.0. The molecular formula is C17H14Cl2N4O2. The van der Waals surface area contributed by atoms with E-state index in [1.54, 1.807) is 42.5 Å². The number of nitrogens with one attached hydrogen (secondary N) is 1. The van der Waals surface area contributed by atoms with E-state index < -0.39 is 0 Å².